The van der Waals surface area contributed by atoms with Gasteiger partial charge in [0.2, 0.25) is 0 Å². The molecule has 1 aliphatic carbocycles. The van der Waals surface area contributed by atoms with Gasteiger partial charge in [0.1, 0.15) is 5.82 Å². The van der Waals surface area contributed by atoms with Gasteiger partial charge >= 0.3 is 0 Å². The largest absolute Gasteiger partial charge is 0.330 e. The molecule has 1 aromatic carbocycles. The van der Waals surface area contributed by atoms with E-state index in [-0.39, 0.29) is 11.2 Å². The zero-order valence-electron chi connectivity index (χ0n) is 8.60. The van der Waals surface area contributed by atoms with Gasteiger partial charge in [0, 0.05) is 12.0 Å². The van der Waals surface area contributed by atoms with Gasteiger partial charge in [-0.25, -0.2) is 4.39 Å². The molecule has 0 spiro atoms. The van der Waals surface area contributed by atoms with Gasteiger partial charge in [0.05, 0.1) is 4.47 Å². The van der Waals surface area contributed by atoms with Crippen molar-refractivity contribution in [3.05, 3.63) is 34.1 Å². The molecule has 2 rings (SSSR count). The lowest BCUT2D eigenvalue weighted by Gasteiger charge is -2.27. The van der Waals surface area contributed by atoms with Crippen LogP contribution in [0.2, 0.25) is 0 Å². The summed E-state index contributed by atoms with van der Waals surface area (Å²) >= 11 is 3.17. The van der Waals surface area contributed by atoms with Crippen LogP contribution in [0.4, 0.5) is 4.39 Å². The molecule has 0 amide bonds. The fourth-order valence-corrected chi connectivity index (χ4v) is 2.74. The van der Waals surface area contributed by atoms with Crippen molar-refractivity contribution in [2.75, 3.05) is 6.54 Å². The minimum atomic E-state index is -0.188. The molecule has 0 bridgehead atoms. The Morgan fingerprint density at radius 3 is 2.53 bits per heavy atom. The van der Waals surface area contributed by atoms with Gasteiger partial charge in [-0.1, -0.05) is 18.9 Å². The van der Waals surface area contributed by atoms with Crippen molar-refractivity contribution in [3.63, 3.8) is 0 Å². The fourth-order valence-electron chi connectivity index (χ4n) is 2.49. The van der Waals surface area contributed by atoms with E-state index in [1.807, 2.05) is 6.07 Å². The van der Waals surface area contributed by atoms with E-state index in [4.69, 9.17) is 5.73 Å². The van der Waals surface area contributed by atoms with Crippen LogP contribution >= 0.6 is 15.9 Å². The van der Waals surface area contributed by atoms with Crippen LogP contribution in [0.15, 0.2) is 22.7 Å². The number of hydrogen-bond donors (Lipinski definition) is 1. The Balaban J connectivity index is 2.38. The number of benzene rings is 1. The first-order valence-electron chi connectivity index (χ1n) is 5.33. The lowest BCUT2D eigenvalue weighted by Crippen LogP contribution is -2.32. The SMILES string of the molecule is NCC1(c2ccc(Br)c(F)c2)CCCC1. The highest BCUT2D eigenvalue weighted by molar-refractivity contribution is 9.10. The Kier molecular flexibility index (Phi) is 3.12. The van der Waals surface area contributed by atoms with Crippen LogP contribution in [0, 0.1) is 5.82 Å². The second-order valence-electron chi connectivity index (χ2n) is 4.32. The summed E-state index contributed by atoms with van der Waals surface area (Å²) in [4.78, 5) is 0. The Labute approximate surface area is 98.0 Å². The van der Waals surface area contributed by atoms with Gasteiger partial charge in [-0.3, -0.25) is 0 Å². The molecule has 1 aliphatic rings. The van der Waals surface area contributed by atoms with Crippen LogP contribution in [0.3, 0.4) is 0 Å². The second kappa shape index (κ2) is 4.22. The van der Waals surface area contributed by atoms with Crippen molar-refractivity contribution < 1.29 is 4.39 Å². The molecule has 1 saturated carbocycles. The van der Waals surface area contributed by atoms with E-state index in [1.54, 1.807) is 12.1 Å². The molecule has 0 radical (unpaired) electrons. The van der Waals surface area contributed by atoms with Gasteiger partial charge in [-0.2, -0.15) is 0 Å². The maximum Gasteiger partial charge on any atom is 0.137 e. The third-order valence-corrected chi connectivity index (χ3v) is 4.13. The summed E-state index contributed by atoms with van der Waals surface area (Å²) in [7, 11) is 0. The molecule has 0 aliphatic heterocycles. The molecular weight excluding hydrogens is 257 g/mol. The van der Waals surface area contributed by atoms with Crippen molar-refractivity contribution in [2.45, 2.75) is 31.1 Å². The van der Waals surface area contributed by atoms with Crippen molar-refractivity contribution in [2.24, 2.45) is 5.73 Å². The Morgan fingerprint density at radius 1 is 1.33 bits per heavy atom. The van der Waals surface area contributed by atoms with Crippen molar-refractivity contribution in [1.82, 2.24) is 0 Å². The topological polar surface area (TPSA) is 26.0 Å². The molecule has 0 heterocycles. The average Bonchev–Trinajstić information content (AvgIpc) is 2.72. The van der Waals surface area contributed by atoms with E-state index < -0.39 is 0 Å². The molecule has 0 unspecified atom stereocenters. The molecule has 1 nitrogen and oxygen atoms in total. The Bertz CT molecular complexity index is 359. The van der Waals surface area contributed by atoms with Gasteiger partial charge in [0.25, 0.3) is 0 Å². The maximum atomic E-state index is 13.5. The monoisotopic (exact) mass is 271 g/mol. The lowest BCUT2D eigenvalue weighted by atomic mass is 9.79. The van der Waals surface area contributed by atoms with Crippen LogP contribution in [0.25, 0.3) is 0 Å². The highest BCUT2D eigenvalue weighted by Gasteiger charge is 2.34. The van der Waals surface area contributed by atoms with Gasteiger partial charge < -0.3 is 5.73 Å². The molecule has 0 saturated heterocycles. The molecule has 1 fully saturated rings. The standard InChI is InChI=1S/C12H15BrFN/c13-10-4-3-9(7-11(10)14)12(8-15)5-1-2-6-12/h3-4,7H,1-2,5-6,8,15H2. The molecule has 1 aromatic rings. The fraction of sp³-hybridized carbons (Fsp3) is 0.500. The van der Waals surface area contributed by atoms with Crippen LogP contribution in [-0.4, -0.2) is 6.54 Å². The number of nitrogens with two attached hydrogens (primary N) is 1. The van der Waals surface area contributed by atoms with Crippen LogP contribution in [-0.2, 0) is 5.41 Å². The highest BCUT2D eigenvalue weighted by atomic mass is 79.9. The summed E-state index contributed by atoms with van der Waals surface area (Å²) < 4.78 is 14.0. The van der Waals surface area contributed by atoms with Crippen LogP contribution < -0.4 is 5.73 Å². The van der Waals surface area contributed by atoms with E-state index in [2.05, 4.69) is 15.9 Å². The molecule has 0 aromatic heterocycles. The Morgan fingerprint density at radius 2 is 2.00 bits per heavy atom. The predicted molar refractivity (Wildman–Crippen MR) is 63.3 cm³/mol. The van der Waals surface area contributed by atoms with Crippen LogP contribution in [0.5, 0.6) is 0 Å². The Hall–Kier alpha value is -0.410. The summed E-state index contributed by atoms with van der Waals surface area (Å²) in [6, 6.07) is 5.40. The predicted octanol–water partition coefficient (Wildman–Crippen LogP) is 3.36. The van der Waals surface area contributed by atoms with Crippen molar-refractivity contribution in [1.29, 1.82) is 0 Å². The highest BCUT2D eigenvalue weighted by Crippen LogP contribution is 2.40. The second-order valence-corrected chi connectivity index (χ2v) is 5.17. The number of hydrogen-bond acceptors (Lipinski definition) is 1. The first-order chi connectivity index (χ1) is 7.18. The average molecular weight is 272 g/mol. The molecule has 82 valence electrons. The van der Waals surface area contributed by atoms with Crippen molar-refractivity contribution in [3.8, 4) is 0 Å². The number of rotatable bonds is 2. The third-order valence-electron chi connectivity index (χ3n) is 3.48. The molecular formula is C12H15BrFN. The molecule has 0 atom stereocenters. The van der Waals surface area contributed by atoms with Gasteiger partial charge in [0.15, 0.2) is 0 Å². The third kappa shape index (κ3) is 1.95. The molecule has 3 heteroatoms. The quantitative estimate of drug-likeness (QED) is 0.877. The summed E-state index contributed by atoms with van der Waals surface area (Å²) in [5.41, 5.74) is 6.94. The van der Waals surface area contributed by atoms with E-state index in [0.29, 0.717) is 11.0 Å². The van der Waals surface area contributed by atoms with E-state index >= 15 is 0 Å². The minimum Gasteiger partial charge on any atom is -0.330 e. The molecule has 15 heavy (non-hydrogen) atoms. The first-order valence-corrected chi connectivity index (χ1v) is 6.13. The summed E-state index contributed by atoms with van der Waals surface area (Å²) in [5.74, 6) is -0.188. The number of halogens is 2. The van der Waals surface area contributed by atoms with E-state index in [9.17, 15) is 4.39 Å². The zero-order valence-corrected chi connectivity index (χ0v) is 10.2. The maximum absolute atomic E-state index is 13.5. The summed E-state index contributed by atoms with van der Waals surface area (Å²) in [6.45, 7) is 0.619. The lowest BCUT2D eigenvalue weighted by molar-refractivity contribution is 0.449. The van der Waals surface area contributed by atoms with Crippen LogP contribution in [0.1, 0.15) is 31.2 Å². The minimum absolute atomic E-state index is 0.0293. The zero-order chi connectivity index (χ0) is 10.9. The van der Waals surface area contributed by atoms with Crippen molar-refractivity contribution >= 4 is 15.9 Å². The van der Waals surface area contributed by atoms with E-state index in [1.165, 1.54) is 12.8 Å². The summed E-state index contributed by atoms with van der Waals surface area (Å²) in [6.07, 6.45) is 4.58. The van der Waals surface area contributed by atoms with Gasteiger partial charge in [-0.15, -0.1) is 0 Å². The van der Waals surface area contributed by atoms with Gasteiger partial charge in [-0.05, 0) is 46.5 Å². The first kappa shape index (κ1) is 11.1. The molecule has 2 N–H and O–H groups in total. The summed E-state index contributed by atoms with van der Waals surface area (Å²) in [5, 5.41) is 0. The van der Waals surface area contributed by atoms with E-state index in [0.717, 1.165) is 18.4 Å². The normalized spacial score (nSPS) is 19.4. The smallest absolute Gasteiger partial charge is 0.137 e.